The van der Waals surface area contributed by atoms with Crippen LogP contribution in [0.25, 0.3) is 0 Å². The van der Waals surface area contributed by atoms with Gasteiger partial charge in [0.1, 0.15) is 11.5 Å². The number of unbranched alkanes of at least 4 members (excludes halogenated alkanes) is 1. The maximum atomic E-state index is 12.4. The van der Waals surface area contributed by atoms with E-state index in [-0.39, 0.29) is 11.8 Å². The number of methoxy groups -OCH3 is 4. The average Bonchev–Trinajstić information content (AvgIpc) is 3.02. The highest BCUT2D eigenvalue weighted by Crippen LogP contribution is 2.34. The number of hydrogen-bond donors (Lipinski definition) is 2. The van der Waals surface area contributed by atoms with Crippen LogP contribution in [0.15, 0.2) is 60.7 Å². The third-order valence-electron chi connectivity index (χ3n) is 7.24. The van der Waals surface area contributed by atoms with E-state index in [2.05, 4.69) is 22.8 Å². The summed E-state index contributed by atoms with van der Waals surface area (Å²) in [6.45, 7) is 1.11. The van der Waals surface area contributed by atoms with Gasteiger partial charge in [-0.15, -0.1) is 0 Å². The van der Waals surface area contributed by atoms with E-state index >= 15 is 0 Å². The van der Waals surface area contributed by atoms with Gasteiger partial charge in [-0.2, -0.15) is 0 Å². The molecule has 0 fully saturated rings. The molecular weight excluding hydrogens is 532 g/mol. The van der Waals surface area contributed by atoms with E-state index in [0.29, 0.717) is 50.9 Å². The van der Waals surface area contributed by atoms with Crippen molar-refractivity contribution in [3.8, 4) is 23.0 Å². The summed E-state index contributed by atoms with van der Waals surface area (Å²) in [5.41, 5.74) is 4.55. The van der Waals surface area contributed by atoms with Gasteiger partial charge in [0.05, 0.1) is 28.4 Å². The normalized spacial score (nSPS) is 10.6. The number of aryl methyl sites for hydroxylation is 1. The highest BCUT2D eigenvalue weighted by molar-refractivity contribution is 5.77. The third-order valence-corrected chi connectivity index (χ3v) is 7.24. The van der Waals surface area contributed by atoms with E-state index < -0.39 is 0 Å². The first-order valence-corrected chi connectivity index (χ1v) is 14.5. The minimum atomic E-state index is -0.00447. The Bertz CT molecular complexity index is 1260. The average molecular weight is 577 g/mol. The number of nitrogens with one attached hydrogen (secondary N) is 2. The first-order valence-electron chi connectivity index (χ1n) is 14.5. The summed E-state index contributed by atoms with van der Waals surface area (Å²) in [6, 6.07) is 19.8. The van der Waals surface area contributed by atoms with Crippen molar-refractivity contribution < 1.29 is 28.5 Å². The number of carbonyl (C=O) groups is 2. The second-order valence-corrected chi connectivity index (χ2v) is 10.0. The van der Waals surface area contributed by atoms with E-state index in [1.807, 2.05) is 48.5 Å². The van der Waals surface area contributed by atoms with Gasteiger partial charge in [-0.1, -0.05) is 30.3 Å². The predicted octanol–water partition coefficient (Wildman–Crippen LogP) is 5.08. The lowest BCUT2D eigenvalue weighted by Crippen LogP contribution is -2.26. The van der Waals surface area contributed by atoms with E-state index in [9.17, 15) is 9.59 Å². The van der Waals surface area contributed by atoms with Crippen molar-refractivity contribution in [2.45, 2.75) is 51.4 Å². The molecule has 2 N–H and O–H groups in total. The Balaban J connectivity index is 1.39. The lowest BCUT2D eigenvalue weighted by atomic mass is 9.96. The van der Waals surface area contributed by atoms with Crippen LogP contribution in [0.2, 0.25) is 0 Å². The fourth-order valence-electron chi connectivity index (χ4n) is 4.82. The minimum absolute atomic E-state index is 0.00447. The van der Waals surface area contributed by atoms with Gasteiger partial charge in [0.2, 0.25) is 11.8 Å². The van der Waals surface area contributed by atoms with E-state index in [1.54, 1.807) is 28.4 Å². The minimum Gasteiger partial charge on any atom is -0.497 e. The van der Waals surface area contributed by atoms with Crippen LogP contribution in [-0.2, 0) is 35.3 Å². The quantitative estimate of drug-likeness (QED) is 0.205. The van der Waals surface area contributed by atoms with Crippen molar-refractivity contribution in [2.24, 2.45) is 0 Å². The van der Waals surface area contributed by atoms with Gasteiger partial charge < -0.3 is 29.6 Å². The first kappa shape index (κ1) is 32.3. The molecule has 226 valence electrons. The molecule has 0 saturated heterocycles. The monoisotopic (exact) mass is 576 g/mol. The van der Waals surface area contributed by atoms with Crippen LogP contribution in [-0.4, -0.2) is 53.3 Å². The van der Waals surface area contributed by atoms with E-state index in [1.165, 1.54) is 5.56 Å². The molecule has 0 aliphatic heterocycles. The molecule has 0 bridgehead atoms. The Hall–Kier alpha value is -4.20. The van der Waals surface area contributed by atoms with Crippen molar-refractivity contribution in [1.29, 1.82) is 0 Å². The Labute approximate surface area is 249 Å². The van der Waals surface area contributed by atoms with Gasteiger partial charge in [0.15, 0.2) is 11.5 Å². The molecule has 8 heteroatoms. The van der Waals surface area contributed by atoms with Crippen LogP contribution in [0.5, 0.6) is 23.0 Å². The molecule has 3 aromatic carbocycles. The molecule has 0 aliphatic carbocycles. The zero-order valence-electron chi connectivity index (χ0n) is 25.3. The number of carbonyl (C=O) groups excluding carboxylic acids is 2. The molecule has 3 aromatic rings. The summed E-state index contributed by atoms with van der Waals surface area (Å²) in [6.07, 6.45) is 5.21. The van der Waals surface area contributed by atoms with Crippen LogP contribution in [0.4, 0.5) is 0 Å². The molecule has 8 nitrogen and oxygen atoms in total. The molecule has 0 heterocycles. The number of rotatable bonds is 18. The van der Waals surface area contributed by atoms with E-state index in [0.717, 1.165) is 53.2 Å². The molecule has 0 unspecified atom stereocenters. The second-order valence-electron chi connectivity index (χ2n) is 10.0. The third kappa shape index (κ3) is 10.3. The van der Waals surface area contributed by atoms with Gasteiger partial charge in [0.25, 0.3) is 0 Å². The lowest BCUT2D eigenvalue weighted by Gasteiger charge is -2.17. The van der Waals surface area contributed by atoms with Crippen molar-refractivity contribution in [1.82, 2.24) is 10.6 Å². The smallest absolute Gasteiger partial charge is 0.220 e. The fraction of sp³-hybridized carbons (Fsp3) is 0.412. The summed E-state index contributed by atoms with van der Waals surface area (Å²) in [4.78, 5) is 24.6. The fourth-order valence-corrected chi connectivity index (χ4v) is 4.82. The van der Waals surface area contributed by atoms with Gasteiger partial charge in [-0.3, -0.25) is 9.59 Å². The summed E-state index contributed by atoms with van der Waals surface area (Å²) in [7, 11) is 6.59. The van der Waals surface area contributed by atoms with Crippen LogP contribution < -0.4 is 29.6 Å². The zero-order valence-corrected chi connectivity index (χ0v) is 25.3. The van der Waals surface area contributed by atoms with Crippen molar-refractivity contribution in [3.63, 3.8) is 0 Å². The van der Waals surface area contributed by atoms with Crippen LogP contribution in [0, 0.1) is 0 Å². The molecule has 0 saturated carbocycles. The molecule has 3 rings (SSSR count). The number of hydrogen-bond acceptors (Lipinski definition) is 6. The van der Waals surface area contributed by atoms with Crippen molar-refractivity contribution in [3.05, 3.63) is 82.9 Å². The topological polar surface area (TPSA) is 95.1 Å². The molecule has 42 heavy (non-hydrogen) atoms. The Morgan fingerprint density at radius 1 is 0.571 bits per heavy atom. The van der Waals surface area contributed by atoms with Gasteiger partial charge >= 0.3 is 0 Å². The van der Waals surface area contributed by atoms with Gasteiger partial charge in [-0.05, 0) is 85.5 Å². The summed E-state index contributed by atoms with van der Waals surface area (Å²) < 4.78 is 21.7. The number of ether oxygens (including phenoxy) is 4. The molecular formula is C34H44N2O6. The lowest BCUT2D eigenvalue weighted by molar-refractivity contribution is -0.123. The predicted molar refractivity (Wildman–Crippen MR) is 165 cm³/mol. The van der Waals surface area contributed by atoms with Crippen LogP contribution in [0.3, 0.4) is 0 Å². The van der Waals surface area contributed by atoms with Gasteiger partial charge in [0, 0.05) is 31.5 Å². The highest BCUT2D eigenvalue weighted by atomic mass is 16.5. The maximum Gasteiger partial charge on any atom is 0.220 e. The Morgan fingerprint density at radius 2 is 1.10 bits per heavy atom. The van der Waals surface area contributed by atoms with Crippen molar-refractivity contribution >= 4 is 11.8 Å². The van der Waals surface area contributed by atoms with Crippen LogP contribution >= 0.6 is 0 Å². The standard InChI is InChI=1S/C34H44N2O6/c1-39-28-15-9-25(10-16-28)13-19-30-27(14-20-31(41-3)34(30)42-4)22-24-36-33(38)8-6-5-7-32(37)35-23-21-26-11-17-29(40-2)18-12-26/h9-12,14-18,20H,5-8,13,19,21-24H2,1-4H3,(H,35,37)(H,36,38). The summed E-state index contributed by atoms with van der Waals surface area (Å²) in [5, 5.41) is 5.98. The highest BCUT2D eigenvalue weighted by Gasteiger charge is 2.15. The molecule has 0 spiro atoms. The second kappa shape index (κ2) is 17.6. The zero-order chi connectivity index (χ0) is 30.2. The number of benzene rings is 3. The molecule has 0 radical (unpaired) electrons. The Kier molecular flexibility index (Phi) is 13.5. The van der Waals surface area contributed by atoms with Crippen LogP contribution in [0.1, 0.15) is 47.9 Å². The van der Waals surface area contributed by atoms with Crippen molar-refractivity contribution in [2.75, 3.05) is 41.5 Å². The molecule has 0 aliphatic rings. The molecule has 0 aromatic heterocycles. The molecule has 2 amide bonds. The summed E-state index contributed by atoms with van der Waals surface area (Å²) in [5.74, 6) is 3.09. The number of amides is 2. The first-order chi connectivity index (χ1) is 20.5. The maximum absolute atomic E-state index is 12.4. The Morgan fingerprint density at radius 3 is 1.60 bits per heavy atom. The largest absolute Gasteiger partial charge is 0.497 e. The summed E-state index contributed by atoms with van der Waals surface area (Å²) >= 11 is 0. The van der Waals surface area contributed by atoms with Gasteiger partial charge in [-0.25, -0.2) is 0 Å². The van der Waals surface area contributed by atoms with E-state index in [4.69, 9.17) is 18.9 Å². The SMILES string of the molecule is COc1ccc(CCNC(=O)CCCCC(=O)NCCc2ccc(OC)c(OC)c2CCc2ccc(OC)cc2)cc1. The molecule has 0 atom stereocenters.